The van der Waals surface area contributed by atoms with E-state index in [0.29, 0.717) is 21.3 Å². The number of hydrogen-bond acceptors (Lipinski definition) is 3. The Morgan fingerprint density at radius 2 is 1.70 bits per heavy atom. The van der Waals surface area contributed by atoms with Crippen molar-refractivity contribution in [2.45, 2.75) is 11.4 Å². The van der Waals surface area contributed by atoms with E-state index in [4.69, 9.17) is 28.9 Å². The van der Waals surface area contributed by atoms with Crippen molar-refractivity contribution in [3.05, 3.63) is 58.1 Å². The number of rotatable bonds is 4. The minimum absolute atomic E-state index is 0.0860. The number of sulfonamides is 1. The van der Waals surface area contributed by atoms with Crippen molar-refractivity contribution < 1.29 is 8.42 Å². The van der Waals surface area contributed by atoms with Gasteiger partial charge in [0.25, 0.3) is 0 Å². The lowest BCUT2D eigenvalue weighted by molar-refractivity contribution is 0.581. The van der Waals surface area contributed by atoms with Gasteiger partial charge in [-0.2, -0.15) is 0 Å². The van der Waals surface area contributed by atoms with Crippen molar-refractivity contribution in [1.29, 1.82) is 0 Å². The zero-order valence-electron chi connectivity index (χ0n) is 10.3. The number of nitrogen functional groups attached to an aromatic ring is 1. The zero-order valence-corrected chi connectivity index (χ0v) is 12.6. The van der Waals surface area contributed by atoms with Gasteiger partial charge in [0, 0.05) is 22.3 Å². The lowest BCUT2D eigenvalue weighted by atomic mass is 10.2. The van der Waals surface area contributed by atoms with Crippen LogP contribution in [0.25, 0.3) is 0 Å². The maximum atomic E-state index is 12.1. The second-order valence-electron chi connectivity index (χ2n) is 4.13. The highest BCUT2D eigenvalue weighted by atomic mass is 35.5. The molecule has 0 saturated carbocycles. The molecule has 0 aliphatic heterocycles. The van der Waals surface area contributed by atoms with E-state index >= 15 is 0 Å². The number of hydrogen-bond donors (Lipinski definition) is 2. The summed E-state index contributed by atoms with van der Waals surface area (Å²) in [6, 6.07) is 10.8. The highest BCUT2D eigenvalue weighted by molar-refractivity contribution is 7.89. The van der Waals surface area contributed by atoms with Gasteiger partial charge in [0.1, 0.15) is 0 Å². The molecule has 4 nitrogen and oxygen atoms in total. The normalized spacial score (nSPS) is 11.5. The molecule has 0 unspecified atom stereocenters. The molecule has 2 aromatic carbocycles. The summed E-state index contributed by atoms with van der Waals surface area (Å²) in [5.41, 5.74) is 6.68. The predicted molar refractivity (Wildman–Crippen MR) is 81.3 cm³/mol. The third-order valence-corrected chi connectivity index (χ3v) is 4.66. The first-order valence-corrected chi connectivity index (χ1v) is 7.91. The van der Waals surface area contributed by atoms with Crippen LogP contribution in [0.4, 0.5) is 5.69 Å². The smallest absolute Gasteiger partial charge is 0.240 e. The molecular weight excluding hydrogens is 319 g/mol. The Labute approximate surface area is 127 Å². The van der Waals surface area contributed by atoms with Crippen LogP contribution in [0.1, 0.15) is 5.56 Å². The van der Waals surface area contributed by atoms with Crippen LogP contribution in [0.3, 0.4) is 0 Å². The third-order valence-electron chi connectivity index (χ3n) is 2.66. The fourth-order valence-electron chi connectivity index (χ4n) is 1.57. The standard InChI is InChI=1S/C13H12Cl2N2O2S/c14-10-2-1-9(13(15)7-10)8-17-20(18,19)12-5-3-11(16)4-6-12/h1-7,17H,8,16H2. The number of nitrogens with one attached hydrogen (secondary N) is 1. The van der Waals surface area contributed by atoms with Crippen LogP contribution in [-0.4, -0.2) is 8.42 Å². The lowest BCUT2D eigenvalue weighted by Gasteiger charge is -2.08. The van der Waals surface area contributed by atoms with Gasteiger partial charge in [-0.15, -0.1) is 0 Å². The molecule has 0 fully saturated rings. The van der Waals surface area contributed by atoms with Crippen molar-refractivity contribution in [2.75, 3.05) is 5.73 Å². The van der Waals surface area contributed by atoms with Gasteiger partial charge < -0.3 is 5.73 Å². The van der Waals surface area contributed by atoms with E-state index < -0.39 is 10.0 Å². The first-order valence-electron chi connectivity index (χ1n) is 5.67. The minimum Gasteiger partial charge on any atom is -0.399 e. The maximum Gasteiger partial charge on any atom is 0.240 e. The van der Waals surface area contributed by atoms with Crippen molar-refractivity contribution in [2.24, 2.45) is 0 Å². The van der Waals surface area contributed by atoms with E-state index in [-0.39, 0.29) is 11.4 Å². The maximum absolute atomic E-state index is 12.1. The molecule has 3 N–H and O–H groups in total. The highest BCUT2D eigenvalue weighted by Crippen LogP contribution is 2.21. The van der Waals surface area contributed by atoms with E-state index in [1.807, 2.05) is 0 Å². The predicted octanol–water partition coefficient (Wildman–Crippen LogP) is 3.05. The SMILES string of the molecule is Nc1ccc(S(=O)(=O)NCc2ccc(Cl)cc2Cl)cc1. The van der Waals surface area contributed by atoms with Gasteiger partial charge in [0.15, 0.2) is 0 Å². The number of anilines is 1. The Morgan fingerprint density at radius 1 is 1.05 bits per heavy atom. The van der Waals surface area contributed by atoms with Gasteiger partial charge in [0.05, 0.1) is 4.90 Å². The van der Waals surface area contributed by atoms with Crippen LogP contribution in [0.5, 0.6) is 0 Å². The molecule has 2 aromatic rings. The van der Waals surface area contributed by atoms with E-state index in [0.717, 1.165) is 0 Å². The molecule has 0 heterocycles. The molecule has 106 valence electrons. The monoisotopic (exact) mass is 330 g/mol. The molecule has 0 aliphatic rings. The molecular formula is C13H12Cl2N2O2S. The summed E-state index contributed by atoms with van der Waals surface area (Å²) in [6.07, 6.45) is 0. The van der Waals surface area contributed by atoms with Crippen LogP contribution in [0.15, 0.2) is 47.4 Å². The van der Waals surface area contributed by atoms with E-state index in [2.05, 4.69) is 4.72 Å². The summed E-state index contributed by atoms with van der Waals surface area (Å²) in [6.45, 7) is 0.0860. The van der Waals surface area contributed by atoms with Crippen molar-refractivity contribution in [3.63, 3.8) is 0 Å². The molecule has 0 saturated heterocycles. The summed E-state index contributed by atoms with van der Waals surface area (Å²) in [5, 5.41) is 0.914. The molecule has 7 heteroatoms. The van der Waals surface area contributed by atoms with Crippen LogP contribution in [0, 0.1) is 0 Å². The fraction of sp³-hybridized carbons (Fsp3) is 0.0769. The average Bonchev–Trinajstić information content (AvgIpc) is 2.38. The van der Waals surface area contributed by atoms with Crippen molar-refractivity contribution >= 4 is 38.9 Å². The first kappa shape index (κ1) is 15.1. The third kappa shape index (κ3) is 3.64. The fourth-order valence-corrected chi connectivity index (χ4v) is 3.05. The number of nitrogens with two attached hydrogens (primary N) is 1. The molecule has 0 radical (unpaired) electrons. The Bertz CT molecular complexity index is 716. The molecule has 0 aliphatic carbocycles. The van der Waals surface area contributed by atoms with Gasteiger partial charge in [-0.3, -0.25) is 0 Å². The van der Waals surface area contributed by atoms with Gasteiger partial charge >= 0.3 is 0 Å². The zero-order chi connectivity index (χ0) is 14.8. The lowest BCUT2D eigenvalue weighted by Crippen LogP contribution is -2.23. The Morgan fingerprint density at radius 3 is 2.30 bits per heavy atom. The second-order valence-corrected chi connectivity index (χ2v) is 6.74. The Balaban J connectivity index is 2.15. The van der Waals surface area contributed by atoms with Crippen LogP contribution in [-0.2, 0) is 16.6 Å². The Hall–Kier alpha value is -1.27. The van der Waals surface area contributed by atoms with Crippen molar-refractivity contribution in [3.8, 4) is 0 Å². The summed E-state index contributed by atoms with van der Waals surface area (Å²) < 4.78 is 26.6. The molecule has 20 heavy (non-hydrogen) atoms. The van der Waals surface area contributed by atoms with E-state index in [9.17, 15) is 8.42 Å². The Kier molecular flexibility index (Phi) is 4.55. The van der Waals surface area contributed by atoms with Crippen LogP contribution in [0.2, 0.25) is 10.0 Å². The van der Waals surface area contributed by atoms with Gasteiger partial charge in [-0.1, -0.05) is 29.3 Å². The second kappa shape index (κ2) is 6.01. The largest absolute Gasteiger partial charge is 0.399 e. The average molecular weight is 331 g/mol. The van der Waals surface area contributed by atoms with Gasteiger partial charge in [-0.05, 0) is 42.0 Å². The minimum atomic E-state index is -3.60. The summed E-state index contributed by atoms with van der Waals surface area (Å²) >= 11 is 11.8. The van der Waals surface area contributed by atoms with E-state index in [1.165, 1.54) is 24.3 Å². The molecule has 0 atom stereocenters. The molecule has 0 spiro atoms. The number of halogens is 2. The summed E-state index contributed by atoms with van der Waals surface area (Å²) in [5.74, 6) is 0. The van der Waals surface area contributed by atoms with Crippen LogP contribution >= 0.6 is 23.2 Å². The molecule has 0 amide bonds. The summed E-state index contributed by atoms with van der Waals surface area (Å²) in [4.78, 5) is 0.150. The molecule has 0 aromatic heterocycles. The molecule has 2 rings (SSSR count). The summed E-state index contributed by atoms with van der Waals surface area (Å²) in [7, 11) is -3.60. The van der Waals surface area contributed by atoms with Gasteiger partial charge in [0.2, 0.25) is 10.0 Å². The van der Waals surface area contributed by atoms with E-state index in [1.54, 1.807) is 18.2 Å². The number of benzene rings is 2. The first-order chi connectivity index (χ1) is 9.38. The van der Waals surface area contributed by atoms with Gasteiger partial charge in [-0.25, -0.2) is 13.1 Å². The highest BCUT2D eigenvalue weighted by Gasteiger charge is 2.14. The molecule has 0 bridgehead atoms. The quantitative estimate of drug-likeness (QED) is 0.846. The topological polar surface area (TPSA) is 72.2 Å². The van der Waals surface area contributed by atoms with Crippen LogP contribution < -0.4 is 10.5 Å². The van der Waals surface area contributed by atoms with Crippen molar-refractivity contribution in [1.82, 2.24) is 4.72 Å².